The Morgan fingerprint density at radius 2 is 2.35 bits per heavy atom. The van der Waals surface area contributed by atoms with Crippen molar-refractivity contribution in [1.29, 1.82) is 0 Å². The van der Waals surface area contributed by atoms with E-state index < -0.39 is 0 Å². The van der Waals surface area contributed by atoms with Crippen molar-refractivity contribution >= 4 is 17.5 Å². The number of thioether (sulfide) groups is 1. The Labute approximate surface area is 105 Å². The molecule has 1 heterocycles. The molecular weight excluding hydrogens is 234 g/mol. The number of carbonyl (C=O) groups is 1. The Morgan fingerprint density at radius 3 is 3.06 bits per heavy atom. The Morgan fingerprint density at radius 1 is 1.53 bits per heavy atom. The van der Waals surface area contributed by atoms with Gasteiger partial charge in [-0.2, -0.15) is 0 Å². The number of Topliss-reactive ketones (excluding diaryl/α,β-unsaturated/α-hetero) is 1. The molecule has 5 heteroatoms. The first-order valence-corrected chi connectivity index (χ1v) is 6.80. The second-order valence-electron chi connectivity index (χ2n) is 4.25. The number of nitrogens with zero attached hydrogens (tertiary/aromatic N) is 3. The molecule has 0 radical (unpaired) electrons. The van der Waals surface area contributed by atoms with Crippen LogP contribution < -0.4 is 0 Å². The summed E-state index contributed by atoms with van der Waals surface area (Å²) in [5.41, 5.74) is 0. The first kappa shape index (κ1) is 12.4. The summed E-state index contributed by atoms with van der Waals surface area (Å²) in [6, 6.07) is 0. The largest absolute Gasteiger partial charge is 0.302 e. The number of ketones is 1. The van der Waals surface area contributed by atoms with Crippen LogP contribution in [0.25, 0.3) is 0 Å². The van der Waals surface area contributed by atoms with E-state index in [4.69, 9.17) is 0 Å². The standard InChI is InChI=1S/C12H17N3OS/c1-3-8-15-9(2)13-14-12(15)17-11-7-5-4-6-10(11)16/h3,11H,1,4-8H2,2H3/t11-/m1/s1. The lowest BCUT2D eigenvalue weighted by Gasteiger charge is -2.19. The number of aryl methyl sites for hydroxylation is 1. The van der Waals surface area contributed by atoms with Gasteiger partial charge < -0.3 is 4.57 Å². The van der Waals surface area contributed by atoms with Gasteiger partial charge >= 0.3 is 0 Å². The predicted molar refractivity (Wildman–Crippen MR) is 68.1 cm³/mol. The van der Waals surface area contributed by atoms with Gasteiger partial charge in [0.2, 0.25) is 0 Å². The molecule has 0 amide bonds. The van der Waals surface area contributed by atoms with E-state index in [1.54, 1.807) is 11.8 Å². The summed E-state index contributed by atoms with van der Waals surface area (Å²) in [6.07, 6.45) is 5.67. The molecule has 1 aliphatic rings. The molecule has 2 rings (SSSR count). The zero-order valence-corrected chi connectivity index (χ0v) is 10.9. The maximum absolute atomic E-state index is 11.8. The average Bonchev–Trinajstić information content (AvgIpc) is 2.65. The molecule has 1 aliphatic carbocycles. The maximum Gasteiger partial charge on any atom is 0.192 e. The Hall–Kier alpha value is -1.10. The van der Waals surface area contributed by atoms with Gasteiger partial charge in [-0.25, -0.2) is 0 Å². The van der Waals surface area contributed by atoms with Crippen LogP contribution in [0.4, 0.5) is 0 Å². The van der Waals surface area contributed by atoms with Gasteiger partial charge in [-0.15, -0.1) is 16.8 Å². The van der Waals surface area contributed by atoms with E-state index in [2.05, 4.69) is 16.8 Å². The number of carbonyl (C=O) groups excluding carboxylic acids is 1. The van der Waals surface area contributed by atoms with E-state index in [0.717, 1.165) is 30.2 Å². The molecule has 0 aromatic carbocycles. The fourth-order valence-corrected chi connectivity index (χ4v) is 3.20. The van der Waals surface area contributed by atoms with Crippen molar-refractivity contribution in [2.45, 2.75) is 49.6 Å². The minimum absolute atomic E-state index is 0.0657. The zero-order valence-electron chi connectivity index (χ0n) is 10.1. The van der Waals surface area contributed by atoms with Crippen molar-refractivity contribution in [1.82, 2.24) is 14.8 Å². The number of hydrogen-bond donors (Lipinski definition) is 0. The van der Waals surface area contributed by atoms with Crippen LogP contribution in [0.2, 0.25) is 0 Å². The zero-order chi connectivity index (χ0) is 12.3. The van der Waals surface area contributed by atoms with Crippen molar-refractivity contribution in [3.8, 4) is 0 Å². The molecule has 0 unspecified atom stereocenters. The lowest BCUT2D eigenvalue weighted by atomic mass is 9.99. The van der Waals surface area contributed by atoms with E-state index in [9.17, 15) is 4.79 Å². The van der Waals surface area contributed by atoms with Crippen LogP contribution in [0.15, 0.2) is 17.8 Å². The number of hydrogen-bond acceptors (Lipinski definition) is 4. The highest BCUT2D eigenvalue weighted by Gasteiger charge is 2.25. The van der Waals surface area contributed by atoms with Gasteiger partial charge in [-0.1, -0.05) is 24.3 Å². The molecule has 17 heavy (non-hydrogen) atoms. The third-order valence-electron chi connectivity index (χ3n) is 2.96. The number of rotatable bonds is 4. The first-order valence-electron chi connectivity index (χ1n) is 5.92. The number of aromatic nitrogens is 3. The van der Waals surface area contributed by atoms with Crippen molar-refractivity contribution in [2.75, 3.05) is 0 Å². The van der Waals surface area contributed by atoms with Crippen molar-refractivity contribution in [2.24, 2.45) is 0 Å². The summed E-state index contributed by atoms with van der Waals surface area (Å²) < 4.78 is 2.00. The Bertz CT molecular complexity index is 427. The summed E-state index contributed by atoms with van der Waals surface area (Å²) in [7, 11) is 0. The monoisotopic (exact) mass is 251 g/mol. The van der Waals surface area contributed by atoms with Crippen LogP contribution >= 0.6 is 11.8 Å². The highest BCUT2D eigenvalue weighted by molar-refractivity contribution is 8.00. The molecule has 92 valence electrons. The summed E-state index contributed by atoms with van der Waals surface area (Å²) in [5, 5.41) is 9.10. The molecule has 1 atom stereocenters. The van der Waals surface area contributed by atoms with E-state index in [-0.39, 0.29) is 5.25 Å². The Kier molecular flexibility index (Phi) is 3.99. The number of allylic oxidation sites excluding steroid dienone is 1. The molecule has 0 spiro atoms. The SMILES string of the molecule is C=CCn1c(C)nnc1S[C@@H]1CCCCC1=O. The van der Waals surface area contributed by atoms with Gasteiger partial charge in [0, 0.05) is 13.0 Å². The van der Waals surface area contributed by atoms with Gasteiger partial charge in [0.25, 0.3) is 0 Å². The average molecular weight is 251 g/mol. The molecule has 0 bridgehead atoms. The summed E-state index contributed by atoms with van der Waals surface area (Å²) >= 11 is 1.55. The molecule has 0 saturated heterocycles. The fraction of sp³-hybridized carbons (Fsp3) is 0.583. The van der Waals surface area contributed by atoms with Crippen molar-refractivity contribution in [3.63, 3.8) is 0 Å². The quantitative estimate of drug-likeness (QED) is 0.771. The minimum atomic E-state index is 0.0657. The predicted octanol–water partition coefficient (Wildman–Crippen LogP) is 2.38. The highest BCUT2D eigenvalue weighted by atomic mass is 32.2. The van der Waals surface area contributed by atoms with Gasteiger partial charge in [0.05, 0.1) is 5.25 Å². The van der Waals surface area contributed by atoms with Crippen LogP contribution in [0, 0.1) is 6.92 Å². The van der Waals surface area contributed by atoms with Crippen LogP contribution in [0.3, 0.4) is 0 Å². The summed E-state index contributed by atoms with van der Waals surface area (Å²) in [4.78, 5) is 11.8. The lowest BCUT2D eigenvalue weighted by Crippen LogP contribution is -2.21. The van der Waals surface area contributed by atoms with Gasteiger partial charge in [-0.3, -0.25) is 4.79 Å². The van der Waals surface area contributed by atoms with E-state index in [0.29, 0.717) is 18.7 Å². The van der Waals surface area contributed by atoms with E-state index >= 15 is 0 Å². The third-order valence-corrected chi connectivity index (χ3v) is 4.26. The second-order valence-corrected chi connectivity index (χ2v) is 5.42. The molecule has 1 saturated carbocycles. The van der Waals surface area contributed by atoms with Crippen LogP contribution in [-0.4, -0.2) is 25.8 Å². The van der Waals surface area contributed by atoms with Crippen molar-refractivity contribution in [3.05, 3.63) is 18.5 Å². The third kappa shape index (κ3) is 2.77. The summed E-state index contributed by atoms with van der Waals surface area (Å²) in [5.74, 6) is 1.22. The van der Waals surface area contributed by atoms with Gasteiger partial charge in [0.1, 0.15) is 11.6 Å². The van der Waals surface area contributed by atoms with Gasteiger partial charge in [-0.05, 0) is 19.8 Å². The first-order chi connectivity index (χ1) is 8.22. The molecule has 0 N–H and O–H groups in total. The van der Waals surface area contributed by atoms with Crippen LogP contribution in [-0.2, 0) is 11.3 Å². The molecular formula is C12H17N3OS. The molecule has 1 aromatic heterocycles. The van der Waals surface area contributed by atoms with Crippen LogP contribution in [0.1, 0.15) is 31.5 Å². The topological polar surface area (TPSA) is 47.8 Å². The lowest BCUT2D eigenvalue weighted by molar-refractivity contribution is -0.119. The molecule has 1 fully saturated rings. The minimum Gasteiger partial charge on any atom is -0.302 e. The molecule has 0 aliphatic heterocycles. The summed E-state index contributed by atoms with van der Waals surface area (Å²) in [6.45, 7) is 6.34. The smallest absolute Gasteiger partial charge is 0.192 e. The Balaban J connectivity index is 2.12. The van der Waals surface area contributed by atoms with Crippen molar-refractivity contribution < 1.29 is 4.79 Å². The van der Waals surface area contributed by atoms with Gasteiger partial charge in [0.15, 0.2) is 5.16 Å². The maximum atomic E-state index is 11.8. The van der Waals surface area contributed by atoms with Crippen LogP contribution in [0.5, 0.6) is 0 Å². The van der Waals surface area contributed by atoms with E-state index in [1.807, 2.05) is 17.6 Å². The second kappa shape index (κ2) is 5.49. The molecule has 1 aromatic rings. The normalized spacial score (nSPS) is 20.5. The highest BCUT2D eigenvalue weighted by Crippen LogP contribution is 2.30. The fourth-order valence-electron chi connectivity index (χ4n) is 1.99. The van der Waals surface area contributed by atoms with E-state index in [1.165, 1.54) is 0 Å². The molecule has 4 nitrogen and oxygen atoms in total.